The number of rotatable bonds is 2. The Bertz CT molecular complexity index is 649. The van der Waals surface area contributed by atoms with Crippen LogP contribution in [-0.4, -0.2) is 12.5 Å². The van der Waals surface area contributed by atoms with Crippen LogP contribution < -0.4 is 11.1 Å². The van der Waals surface area contributed by atoms with Crippen molar-refractivity contribution >= 4 is 34.0 Å². The van der Waals surface area contributed by atoms with Crippen molar-refractivity contribution in [2.24, 2.45) is 0 Å². The maximum atomic E-state index is 12.2. The lowest BCUT2D eigenvalue weighted by molar-refractivity contribution is 0.0957. The van der Waals surface area contributed by atoms with Crippen molar-refractivity contribution in [1.82, 2.24) is 5.32 Å². The molecule has 3 N–H and O–H groups in total. The number of carbonyl (C=O) groups excluding carboxylic acids is 1. The van der Waals surface area contributed by atoms with Crippen LogP contribution in [0.2, 0.25) is 0 Å². The molecule has 0 bridgehead atoms. The van der Waals surface area contributed by atoms with Crippen LogP contribution in [0.3, 0.4) is 0 Å². The number of hydrogen-bond donors (Lipinski definition) is 2. The summed E-state index contributed by atoms with van der Waals surface area (Å²) >= 11 is 3.33. The molecule has 1 aliphatic rings. The molecule has 1 aliphatic heterocycles. The van der Waals surface area contributed by atoms with E-state index in [1.54, 1.807) is 11.8 Å². The molecule has 0 fully saturated rings. The quantitative estimate of drug-likeness (QED) is 0.891. The normalized spacial score (nSPS) is 12.7. The summed E-state index contributed by atoms with van der Waals surface area (Å²) in [6.45, 7) is 2.52. The van der Waals surface area contributed by atoms with Gasteiger partial charge in [0.15, 0.2) is 0 Å². The van der Waals surface area contributed by atoms with Gasteiger partial charge in [-0.25, -0.2) is 0 Å². The Kier molecular flexibility index (Phi) is 3.24. The first-order valence-electron chi connectivity index (χ1n) is 6.14. The number of anilines is 1. The monoisotopic (exact) mass is 290 g/mol. The summed E-state index contributed by atoms with van der Waals surface area (Å²) in [4.78, 5) is 14.6. The standard InChI is InChI=1S/C14H14N2OS2/c1-2-16-14(17)12-11-8-5-3-4-6-9(8)18-7-10(11)19-13(12)15/h3-6H,2,7,15H2,1H3,(H,16,17). The zero-order valence-electron chi connectivity index (χ0n) is 10.5. The van der Waals surface area contributed by atoms with Crippen molar-refractivity contribution in [1.29, 1.82) is 0 Å². The van der Waals surface area contributed by atoms with Crippen LogP contribution in [0.15, 0.2) is 29.2 Å². The van der Waals surface area contributed by atoms with Crippen molar-refractivity contribution in [3.63, 3.8) is 0 Å². The third-order valence-electron chi connectivity index (χ3n) is 3.09. The highest BCUT2D eigenvalue weighted by Crippen LogP contribution is 2.48. The molecule has 1 amide bonds. The number of fused-ring (bicyclic) bond motifs is 3. The van der Waals surface area contributed by atoms with E-state index < -0.39 is 0 Å². The lowest BCUT2D eigenvalue weighted by Gasteiger charge is -2.17. The van der Waals surface area contributed by atoms with Gasteiger partial charge in [-0.3, -0.25) is 4.79 Å². The summed E-state index contributed by atoms with van der Waals surface area (Å²) in [7, 11) is 0. The van der Waals surface area contributed by atoms with Crippen LogP contribution in [0.1, 0.15) is 22.2 Å². The first-order chi connectivity index (χ1) is 9.22. The molecule has 5 heteroatoms. The number of amides is 1. The molecule has 0 radical (unpaired) electrons. The molecular formula is C14H14N2OS2. The molecular weight excluding hydrogens is 276 g/mol. The third kappa shape index (κ3) is 2.03. The Labute approximate surface area is 120 Å². The molecule has 0 atom stereocenters. The summed E-state index contributed by atoms with van der Waals surface area (Å²) in [6.07, 6.45) is 0. The average molecular weight is 290 g/mol. The van der Waals surface area contributed by atoms with Crippen LogP contribution in [0, 0.1) is 0 Å². The van der Waals surface area contributed by atoms with Crippen LogP contribution in [0.4, 0.5) is 5.00 Å². The number of thiophene rings is 1. The van der Waals surface area contributed by atoms with Gasteiger partial charge < -0.3 is 11.1 Å². The number of nitrogens with two attached hydrogens (primary N) is 1. The van der Waals surface area contributed by atoms with E-state index in [0.29, 0.717) is 17.1 Å². The number of nitrogen functional groups attached to an aromatic ring is 1. The predicted molar refractivity (Wildman–Crippen MR) is 81.7 cm³/mol. The largest absolute Gasteiger partial charge is 0.390 e. The van der Waals surface area contributed by atoms with Gasteiger partial charge in [-0.1, -0.05) is 18.2 Å². The topological polar surface area (TPSA) is 55.1 Å². The highest BCUT2D eigenvalue weighted by atomic mass is 32.2. The zero-order chi connectivity index (χ0) is 13.4. The Hall–Kier alpha value is -1.46. The molecule has 0 saturated heterocycles. The van der Waals surface area contributed by atoms with Gasteiger partial charge >= 0.3 is 0 Å². The van der Waals surface area contributed by atoms with Crippen molar-refractivity contribution in [3.05, 3.63) is 34.7 Å². The average Bonchev–Trinajstić information content (AvgIpc) is 2.75. The molecule has 98 valence electrons. The van der Waals surface area contributed by atoms with E-state index in [4.69, 9.17) is 5.73 Å². The van der Waals surface area contributed by atoms with Crippen molar-refractivity contribution in [3.8, 4) is 11.1 Å². The lowest BCUT2D eigenvalue weighted by Crippen LogP contribution is -2.23. The predicted octanol–water partition coefficient (Wildman–Crippen LogP) is 3.35. The molecule has 0 saturated carbocycles. The molecule has 19 heavy (non-hydrogen) atoms. The SMILES string of the molecule is CCNC(=O)c1c(N)sc2c1-c1ccccc1SC2. The summed E-state index contributed by atoms with van der Waals surface area (Å²) in [5.74, 6) is 0.819. The summed E-state index contributed by atoms with van der Waals surface area (Å²) in [5.41, 5.74) is 8.86. The van der Waals surface area contributed by atoms with Gasteiger partial charge in [0.05, 0.1) is 10.6 Å². The van der Waals surface area contributed by atoms with E-state index >= 15 is 0 Å². The highest BCUT2D eigenvalue weighted by Gasteiger charge is 2.27. The first-order valence-corrected chi connectivity index (χ1v) is 7.94. The number of nitrogens with one attached hydrogen (secondary N) is 1. The van der Waals surface area contributed by atoms with Gasteiger partial charge in [0.1, 0.15) is 0 Å². The molecule has 0 unspecified atom stereocenters. The van der Waals surface area contributed by atoms with Crippen LogP contribution in [0.25, 0.3) is 11.1 Å². The highest BCUT2D eigenvalue weighted by molar-refractivity contribution is 7.98. The maximum Gasteiger partial charge on any atom is 0.254 e. The van der Waals surface area contributed by atoms with Gasteiger partial charge in [-0.05, 0) is 18.6 Å². The molecule has 1 aromatic carbocycles. The molecule has 2 heterocycles. The van der Waals surface area contributed by atoms with Gasteiger partial charge in [-0.2, -0.15) is 0 Å². The molecule has 3 nitrogen and oxygen atoms in total. The minimum absolute atomic E-state index is 0.0702. The number of benzene rings is 1. The van der Waals surface area contributed by atoms with E-state index in [1.807, 2.05) is 19.1 Å². The van der Waals surface area contributed by atoms with Gasteiger partial charge in [0.2, 0.25) is 0 Å². The number of thioether (sulfide) groups is 1. The van der Waals surface area contributed by atoms with E-state index in [9.17, 15) is 4.79 Å². The fourth-order valence-electron chi connectivity index (χ4n) is 2.30. The van der Waals surface area contributed by atoms with Crippen LogP contribution >= 0.6 is 23.1 Å². The minimum Gasteiger partial charge on any atom is -0.390 e. The molecule has 0 aliphatic carbocycles. The second kappa shape index (κ2) is 4.90. The van der Waals surface area contributed by atoms with Crippen LogP contribution in [-0.2, 0) is 5.75 Å². The molecule has 1 aromatic heterocycles. The second-order valence-electron chi connectivity index (χ2n) is 4.28. The van der Waals surface area contributed by atoms with Gasteiger partial charge in [0.25, 0.3) is 5.91 Å². The van der Waals surface area contributed by atoms with Crippen LogP contribution in [0.5, 0.6) is 0 Å². The fourth-order valence-corrected chi connectivity index (χ4v) is 4.52. The Morgan fingerprint density at radius 2 is 2.21 bits per heavy atom. The lowest BCUT2D eigenvalue weighted by atomic mass is 10.0. The van der Waals surface area contributed by atoms with E-state index in [1.165, 1.54) is 21.1 Å². The fraction of sp³-hybridized carbons (Fsp3) is 0.214. The molecule has 2 aromatic rings. The van der Waals surface area contributed by atoms with Crippen molar-refractivity contribution in [2.75, 3.05) is 12.3 Å². The Balaban J connectivity index is 2.20. The number of hydrogen-bond acceptors (Lipinski definition) is 4. The summed E-state index contributed by atoms with van der Waals surface area (Å²) in [6, 6.07) is 8.19. The Morgan fingerprint density at radius 1 is 1.42 bits per heavy atom. The van der Waals surface area contributed by atoms with E-state index in [-0.39, 0.29) is 5.91 Å². The summed E-state index contributed by atoms with van der Waals surface area (Å²) < 4.78 is 0. The summed E-state index contributed by atoms with van der Waals surface area (Å²) in [5, 5.41) is 3.47. The number of carbonyl (C=O) groups is 1. The maximum absolute atomic E-state index is 12.2. The molecule has 0 spiro atoms. The van der Waals surface area contributed by atoms with E-state index in [2.05, 4.69) is 17.4 Å². The van der Waals surface area contributed by atoms with E-state index in [0.717, 1.165) is 16.9 Å². The second-order valence-corrected chi connectivity index (χ2v) is 6.44. The zero-order valence-corrected chi connectivity index (χ0v) is 12.2. The smallest absolute Gasteiger partial charge is 0.254 e. The van der Waals surface area contributed by atoms with Crippen molar-refractivity contribution < 1.29 is 4.79 Å². The van der Waals surface area contributed by atoms with Crippen molar-refractivity contribution in [2.45, 2.75) is 17.6 Å². The minimum atomic E-state index is -0.0702. The first kappa shape index (κ1) is 12.6. The third-order valence-corrected chi connectivity index (χ3v) is 5.39. The Morgan fingerprint density at radius 3 is 3.00 bits per heavy atom. The van der Waals surface area contributed by atoms with Gasteiger partial charge in [-0.15, -0.1) is 23.1 Å². The van der Waals surface area contributed by atoms with Gasteiger partial charge in [0, 0.05) is 27.6 Å². The molecule has 3 rings (SSSR count).